The Kier molecular flexibility index (Phi) is 3.46. The molecule has 1 aromatic carbocycles. The van der Waals surface area contributed by atoms with Crippen LogP contribution in [-0.4, -0.2) is 29.5 Å². The van der Waals surface area contributed by atoms with Gasteiger partial charge < -0.3 is 9.84 Å². The highest BCUT2D eigenvalue weighted by molar-refractivity contribution is 7.99. The molecule has 1 aliphatic rings. The standard InChI is InChI=1S/C11H11FO3S/c12-9-2-7(1-8(3-9)11(13)14)6-16-10-4-15-5-10/h1-3,10H,4-6H2,(H,13,14). The van der Waals surface area contributed by atoms with E-state index in [4.69, 9.17) is 9.84 Å². The molecule has 3 nitrogen and oxygen atoms in total. The lowest BCUT2D eigenvalue weighted by molar-refractivity contribution is 0.0455. The zero-order chi connectivity index (χ0) is 11.5. The van der Waals surface area contributed by atoms with E-state index in [1.165, 1.54) is 12.1 Å². The van der Waals surface area contributed by atoms with E-state index < -0.39 is 11.8 Å². The molecular weight excluding hydrogens is 231 g/mol. The summed E-state index contributed by atoms with van der Waals surface area (Å²) in [6.07, 6.45) is 0. The largest absolute Gasteiger partial charge is 0.478 e. The first-order valence-electron chi connectivity index (χ1n) is 4.87. The summed E-state index contributed by atoms with van der Waals surface area (Å²) in [5, 5.41) is 9.23. The second-order valence-corrected chi connectivity index (χ2v) is 4.91. The van der Waals surface area contributed by atoms with Gasteiger partial charge in [-0.15, -0.1) is 11.8 Å². The topological polar surface area (TPSA) is 46.5 Å². The van der Waals surface area contributed by atoms with E-state index in [0.717, 1.165) is 19.3 Å². The monoisotopic (exact) mass is 242 g/mol. The molecule has 1 aliphatic heterocycles. The maximum absolute atomic E-state index is 13.1. The molecule has 0 bridgehead atoms. The molecule has 86 valence electrons. The van der Waals surface area contributed by atoms with E-state index in [2.05, 4.69) is 0 Å². The first kappa shape index (κ1) is 11.4. The molecule has 0 atom stereocenters. The number of aromatic carboxylic acids is 1. The van der Waals surface area contributed by atoms with Crippen molar-refractivity contribution in [3.05, 3.63) is 35.1 Å². The predicted octanol–water partition coefficient (Wildman–Crippen LogP) is 2.16. The van der Waals surface area contributed by atoms with Gasteiger partial charge in [0.1, 0.15) is 5.82 Å². The highest BCUT2D eigenvalue weighted by Gasteiger charge is 2.18. The summed E-state index contributed by atoms with van der Waals surface area (Å²) in [5.74, 6) is -0.982. The van der Waals surface area contributed by atoms with Crippen LogP contribution in [0.4, 0.5) is 4.39 Å². The Balaban J connectivity index is 2.04. The van der Waals surface area contributed by atoms with E-state index in [0.29, 0.717) is 16.6 Å². The number of benzene rings is 1. The van der Waals surface area contributed by atoms with Crippen molar-refractivity contribution in [2.75, 3.05) is 13.2 Å². The van der Waals surface area contributed by atoms with Crippen LogP contribution in [0, 0.1) is 5.82 Å². The van der Waals surface area contributed by atoms with Crippen LogP contribution in [0.2, 0.25) is 0 Å². The van der Waals surface area contributed by atoms with Crippen molar-refractivity contribution >= 4 is 17.7 Å². The molecule has 1 saturated heterocycles. The van der Waals surface area contributed by atoms with Gasteiger partial charge in [0.25, 0.3) is 0 Å². The molecule has 2 rings (SSSR count). The Morgan fingerprint density at radius 3 is 2.81 bits per heavy atom. The van der Waals surface area contributed by atoms with E-state index in [1.807, 2.05) is 0 Å². The van der Waals surface area contributed by atoms with Crippen molar-refractivity contribution in [3.63, 3.8) is 0 Å². The van der Waals surface area contributed by atoms with Crippen LogP contribution in [0.15, 0.2) is 18.2 Å². The first-order valence-corrected chi connectivity index (χ1v) is 5.92. The second kappa shape index (κ2) is 4.84. The summed E-state index contributed by atoms with van der Waals surface area (Å²) in [7, 11) is 0. The number of thioether (sulfide) groups is 1. The zero-order valence-corrected chi connectivity index (χ0v) is 9.30. The minimum atomic E-state index is -1.10. The summed E-state index contributed by atoms with van der Waals surface area (Å²) in [5.41, 5.74) is 0.703. The van der Waals surface area contributed by atoms with E-state index >= 15 is 0 Å². The van der Waals surface area contributed by atoms with Gasteiger partial charge in [-0.1, -0.05) is 0 Å². The van der Waals surface area contributed by atoms with Crippen LogP contribution >= 0.6 is 11.8 Å². The third kappa shape index (κ3) is 2.74. The average Bonchev–Trinajstić information content (AvgIpc) is 2.14. The summed E-state index contributed by atoms with van der Waals surface area (Å²) < 4.78 is 18.1. The van der Waals surface area contributed by atoms with Crippen molar-refractivity contribution in [2.45, 2.75) is 11.0 Å². The number of rotatable bonds is 4. The van der Waals surface area contributed by atoms with Gasteiger partial charge in [0, 0.05) is 5.75 Å². The minimum Gasteiger partial charge on any atom is -0.478 e. The van der Waals surface area contributed by atoms with Gasteiger partial charge in [-0.2, -0.15) is 0 Å². The predicted molar refractivity (Wildman–Crippen MR) is 59.3 cm³/mol. The Morgan fingerprint density at radius 1 is 1.50 bits per heavy atom. The summed E-state index contributed by atoms with van der Waals surface area (Å²) in [6.45, 7) is 1.46. The zero-order valence-electron chi connectivity index (χ0n) is 8.48. The van der Waals surface area contributed by atoms with Crippen molar-refractivity contribution in [1.29, 1.82) is 0 Å². The molecular formula is C11H11FO3S. The van der Waals surface area contributed by atoms with Crippen molar-refractivity contribution in [3.8, 4) is 0 Å². The van der Waals surface area contributed by atoms with Gasteiger partial charge in [0.15, 0.2) is 0 Å². The number of halogens is 1. The fourth-order valence-corrected chi connectivity index (χ4v) is 2.36. The minimum absolute atomic E-state index is 0.000425. The lowest BCUT2D eigenvalue weighted by atomic mass is 10.1. The van der Waals surface area contributed by atoms with Crippen molar-refractivity contribution in [1.82, 2.24) is 0 Å². The molecule has 0 aliphatic carbocycles. The fraction of sp³-hybridized carbons (Fsp3) is 0.364. The first-order chi connectivity index (χ1) is 7.65. The summed E-state index contributed by atoms with van der Waals surface area (Å²) in [4.78, 5) is 10.7. The quantitative estimate of drug-likeness (QED) is 0.878. The number of hydrogen-bond acceptors (Lipinski definition) is 3. The maximum Gasteiger partial charge on any atom is 0.335 e. The van der Waals surface area contributed by atoms with Crippen LogP contribution in [0.1, 0.15) is 15.9 Å². The van der Waals surface area contributed by atoms with Crippen LogP contribution in [0.5, 0.6) is 0 Å². The van der Waals surface area contributed by atoms with Gasteiger partial charge in [-0.3, -0.25) is 0 Å². The molecule has 1 fully saturated rings. The third-order valence-corrected chi connectivity index (χ3v) is 3.54. The van der Waals surface area contributed by atoms with E-state index in [9.17, 15) is 9.18 Å². The Bertz CT molecular complexity index is 404. The number of hydrogen-bond donors (Lipinski definition) is 1. The van der Waals surface area contributed by atoms with Gasteiger partial charge >= 0.3 is 5.97 Å². The lowest BCUT2D eigenvalue weighted by Gasteiger charge is -2.25. The number of ether oxygens (including phenoxy) is 1. The molecule has 0 radical (unpaired) electrons. The summed E-state index contributed by atoms with van der Waals surface area (Å²) in [6, 6.07) is 3.92. The van der Waals surface area contributed by atoms with Crippen molar-refractivity contribution < 1.29 is 19.0 Å². The van der Waals surface area contributed by atoms with Crippen LogP contribution in [0.25, 0.3) is 0 Å². The average molecular weight is 242 g/mol. The lowest BCUT2D eigenvalue weighted by Crippen LogP contribution is -2.30. The Hall–Kier alpha value is -1.07. The number of carboxylic acids is 1. The maximum atomic E-state index is 13.1. The van der Waals surface area contributed by atoms with Crippen LogP contribution in [-0.2, 0) is 10.5 Å². The van der Waals surface area contributed by atoms with E-state index in [1.54, 1.807) is 11.8 Å². The van der Waals surface area contributed by atoms with Crippen LogP contribution in [0.3, 0.4) is 0 Å². The Labute approximate surface area is 96.6 Å². The van der Waals surface area contributed by atoms with E-state index in [-0.39, 0.29) is 5.56 Å². The molecule has 0 amide bonds. The molecule has 0 aromatic heterocycles. The van der Waals surface area contributed by atoms with Crippen LogP contribution < -0.4 is 0 Å². The number of carboxylic acid groups (broad SMARTS) is 1. The molecule has 1 N–H and O–H groups in total. The normalized spacial score (nSPS) is 15.8. The van der Waals surface area contributed by atoms with Crippen molar-refractivity contribution in [2.24, 2.45) is 0 Å². The molecule has 0 unspecified atom stereocenters. The van der Waals surface area contributed by atoms with Gasteiger partial charge in [0.05, 0.1) is 24.0 Å². The fourth-order valence-electron chi connectivity index (χ4n) is 1.38. The molecule has 0 saturated carbocycles. The molecule has 1 aromatic rings. The SMILES string of the molecule is O=C(O)c1cc(F)cc(CSC2COC2)c1. The molecule has 0 spiro atoms. The molecule has 16 heavy (non-hydrogen) atoms. The molecule has 1 heterocycles. The highest BCUT2D eigenvalue weighted by atomic mass is 32.2. The van der Waals surface area contributed by atoms with Gasteiger partial charge in [-0.05, 0) is 23.8 Å². The number of carbonyl (C=O) groups is 1. The van der Waals surface area contributed by atoms with Gasteiger partial charge in [-0.25, -0.2) is 9.18 Å². The third-order valence-electron chi connectivity index (χ3n) is 2.30. The summed E-state index contributed by atoms with van der Waals surface area (Å²) >= 11 is 1.66. The smallest absolute Gasteiger partial charge is 0.335 e. The molecule has 5 heteroatoms. The van der Waals surface area contributed by atoms with Gasteiger partial charge in [0.2, 0.25) is 0 Å². The highest BCUT2D eigenvalue weighted by Crippen LogP contribution is 2.24. The Morgan fingerprint density at radius 2 is 2.25 bits per heavy atom. The second-order valence-electron chi connectivity index (χ2n) is 3.62.